The zero-order valence-electron chi connectivity index (χ0n) is 10.6. The number of carbonyl (C=O) groups excluding carboxylic acids is 1. The Hall–Kier alpha value is -2.43. The number of nitrogens with zero attached hydrogens (tertiary/aromatic N) is 2. The summed E-state index contributed by atoms with van der Waals surface area (Å²) in [7, 11) is 0. The summed E-state index contributed by atoms with van der Waals surface area (Å²) in [5.74, 6) is -0.238. The molecule has 5 nitrogen and oxygen atoms in total. The normalized spacial score (nSPS) is 12.7. The topological polar surface area (TPSA) is 66.9 Å². The number of benzene rings is 1. The third-order valence-electron chi connectivity index (χ3n) is 3.09. The van der Waals surface area contributed by atoms with Gasteiger partial charge < -0.3 is 10.6 Å². The molecule has 2 aromatic rings. The minimum Gasteiger partial charge on any atom is -0.384 e. The highest BCUT2D eigenvalue weighted by Crippen LogP contribution is 2.25. The Morgan fingerprint density at radius 3 is 3.00 bits per heavy atom. The highest BCUT2D eigenvalue weighted by molar-refractivity contribution is 6.02. The molecule has 0 unspecified atom stereocenters. The van der Waals surface area contributed by atoms with Crippen LogP contribution in [0.2, 0.25) is 0 Å². The Labute approximate surface area is 111 Å². The van der Waals surface area contributed by atoms with Crippen molar-refractivity contribution in [3.05, 3.63) is 47.5 Å². The van der Waals surface area contributed by atoms with Crippen LogP contribution in [0.1, 0.15) is 21.7 Å². The van der Waals surface area contributed by atoms with E-state index in [1.54, 1.807) is 6.20 Å². The fourth-order valence-corrected chi connectivity index (χ4v) is 2.09. The summed E-state index contributed by atoms with van der Waals surface area (Å²) in [5, 5.41) is 6.12. The number of nitrogens with one attached hydrogen (secondary N) is 2. The Balaban J connectivity index is 1.77. The minimum absolute atomic E-state index is 0.238. The molecule has 0 fully saturated rings. The summed E-state index contributed by atoms with van der Waals surface area (Å²) < 4.78 is 0. The molecule has 0 atom stereocenters. The van der Waals surface area contributed by atoms with Gasteiger partial charge in [-0.15, -0.1) is 0 Å². The van der Waals surface area contributed by atoms with Crippen LogP contribution in [-0.2, 0) is 6.42 Å². The molecule has 96 valence electrons. The molecule has 0 bridgehead atoms. The standard InChI is InChI=1S/C14H14N4O/c1-9-7-17-13(8-16-9)14(19)18-11-2-3-12-10(6-11)4-5-15-12/h2-3,6-8,15H,4-5H2,1H3,(H,18,19). The van der Waals surface area contributed by atoms with Crippen LogP contribution in [0.15, 0.2) is 30.6 Å². The molecule has 0 spiro atoms. The van der Waals surface area contributed by atoms with Gasteiger partial charge in [0.15, 0.2) is 0 Å². The third-order valence-corrected chi connectivity index (χ3v) is 3.09. The number of aromatic nitrogens is 2. The zero-order valence-corrected chi connectivity index (χ0v) is 10.6. The van der Waals surface area contributed by atoms with E-state index in [-0.39, 0.29) is 5.91 Å². The summed E-state index contributed by atoms with van der Waals surface area (Å²) in [6, 6.07) is 5.87. The SMILES string of the molecule is Cc1cnc(C(=O)Nc2ccc3c(c2)CCN3)cn1. The first-order valence-electron chi connectivity index (χ1n) is 6.19. The lowest BCUT2D eigenvalue weighted by atomic mass is 10.1. The molecule has 0 saturated heterocycles. The number of hydrogen-bond donors (Lipinski definition) is 2. The second kappa shape index (κ2) is 4.68. The molecule has 2 heterocycles. The summed E-state index contributed by atoms with van der Waals surface area (Å²) in [6.07, 6.45) is 4.06. The molecule has 19 heavy (non-hydrogen) atoms. The maximum Gasteiger partial charge on any atom is 0.275 e. The number of anilines is 2. The molecule has 1 aromatic heterocycles. The van der Waals surface area contributed by atoms with Gasteiger partial charge >= 0.3 is 0 Å². The van der Waals surface area contributed by atoms with Gasteiger partial charge in [0.2, 0.25) is 0 Å². The number of amides is 1. The van der Waals surface area contributed by atoms with E-state index in [9.17, 15) is 4.79 Å². The van der Waals surface area contributed by atoms with E-state index in [4.69, 9.17) is 0 Å². The molecule has 0 aliphatic carbocycles. The fourth-order valence-electron chi connectivity index (χ4n) is 2.09. The Morgan fingerprint density at radius 2 is 2.21 bits per heavy atom. The van der Waals surface area contributed by atoms with Gasteiger partial charge in [0, 0.05) is 24.1 Å². The van der Waals surface area contributed by atoms with Gasteiger partial charge in [-0.3, -0.25) is 9.78 Å². The van der Waals surface area contributed by atoms with Crippen LogP contribution in [0.4, 0.5) is 11.4 Å². The van der Waals surface area contributed by atoms with Gasteiger partial charge in [-0.1, -0.05) is 0 Å². The first-order valence-corrected chi connectivity index (χ1v) is 6.19. The number of aryl methyl sites for hydroxylation is 1. The summed E-state index contributed by atoms with van der Waals surface area (Å²) >= 11 is 0. The Kier molecular flexibility index (Phi) is 2.87. The lowest BCUT2D eigenvalue weighted by Gasteiger charge is -2.06. The van der Waals surface area contributed by atoms with Crippen molar-refractivity contribution in [1.29, 1.82) is 0 Å². The summed E-state index contributed by atoms with van der Waals surface area (Å²) in [6.45, 7) is 2.79. The molecule has 0 radical (unpaired) electrons. The Bertz CT molecular complexity index is 622. The molecule has 5 heteroatoms. The molecule has 1 amide bonds. The second-order valence-electron chi connectivity index (χ2n) is 4.55. The van der Waals surface area contributed by atoms with Crippen molar-refractivity contribution in [2.24, 2.45) is 0 Å². The van der Waals surface area contributed by atoms with Crippen molar-refractivity contribution in [3.63, 3.8) is 0 Å². The lowest BCUT2D eigenvalue weighted by molar-refractivity contribution is 0.102. The predicted molar refractivity (Wildman–Crippen MR) is 73.4 cm³/mol. The zero-order chi connectivity index (χ0) is 13.2. The van der Waals surface area contributed by atoms with Gasteiger partial charge in [0.05, 0.1) is 11.9 Å². The van der Waals surface area contributed by atoms with Gasteiger partial charge in [-0.05, 0) is 37.1 Å². The molecule has 1 aliphatic rings. The quantitative estimate of drug-likeness (QED) is 0.860. The third kappa shape index (κ3) is 2.40. The number of fused-ring (bicyclic) bond motifs is 1. The highest BCUT2D eigenvalue weighted by Gasteiger charge is 2.12. The van der Waals surface area contributed by atoms with Crippen LogP contribution in [0.25, 0.3) is 0 Å². The molecular weight excluding hydrogens is 240 g/mol. The van der Waals surface area contributed by atoms with E-state index in [0.717, 1.165) is 30.0 Å². The summed E-state index contributed by atoms with van der Waals surface area (Å²) in [5.41, 5.74) is 4.28. The second-order valence-corrected chi connectivity index (χ2v) is 4.55. The van der Waals surface area contributed by atoms with Crippen LogP contribution in [0.3, 0.4) is 0 Å². The number of carbonyl (C=O) groups is 1. The predicted octanol–water partition coefficient (Wildman–Crippen LogP) is 2.01. The first kappa shape index (κ1) is 11.6. The number of hydrogen-bond acceptors (Lipinski definition) is 4. The summed E-state index contributed by atoms with van der Waals surface area (Å²) in [4.78, 5) is 20.1. The maximum absolute atomic E-state index is 12.0. The van der Waals surface area contributed by atoms with Gasteiger partial charge in [-0.25, -0.2) is 4.98 Å². The molecule has 1 aromatic carbocycles. The lowest BCUT2D eigenvalue weighted by Crippen LogP contribution is -2.14. The van der Waals surface area contributed by atoms with Crippen LogP contribution >= 0.6 is 0 Å². The molecule has 1 aliphatic heterocycles. The largest absolute Gasteiger partial charge is 0.384 e. The van der Waals surface area contributed by atoms with E-state index in [1.165, 1.54) is 11.8 Å². The van der Waals surface area contributed by atoms with Crippen molar-refractivity contribution in [3.8, 4) is 0 Å². The van der Waals surface area contributed by atoms with Crippen molar-refractivity contribution in [2.45, 2.75) is 13.3 Å². The van der Waals surface area contributed by atoms with Gasteiger partial charge in [-0.2, -0.15) is 0 Å². The van der Waals surface area contributed by atoms with Gasteiger partial charge in [0.1, 0.15) is 5.69 Å². The van der Waals surface area contributed by atoms with Gasteiger partial charge in [0.25, 0.3) is 5.91 Å². The van der Waals surface area contributed by atoms with E-state index >= 15 is 0 Å². The van der Waals surface area contributed by atoms with E-state index in [1.807, 2.05) is 25.1 Å². The minimum atomic E-state index is -0.238. The molecular formula is C14H14N4O. The van der Waals surface area contributed by atoms with Crippen molar-refractivity contribution < 1.29 is 4.79 Å². The smallest absolute Gasteiger partial charge is 0.275 e. The fraction of sp³-hybridized carbons (Fsp3) is 0.214. The van der Waals surface area contributed by atoms with Crippen molar-refractivity contribution >= 4 is 17.3 Å². The molecule has 2 N–H and O–H groups in total. The van der Waals surface area contributed by atoms with E-state index < -0.39 is 0 Å². The maximum atomic E-state index is 12.0. The average molecular weight is 254 g/mol. The van der Waals surface area contributed by atoms with E-state index in [0.29, 0.717) is 5.69 Å². The van der Waals surface area contributed by atoms with Crippen LogP contribution in [0.5, 0.6) is 0 Å². The van der Waals surface area contributed by atoms with Crippen LogP contribution < -0.4 is 10.6 Å². The molecule has 0 saturated carbocycles. The number of rotatable bonds is 2. The van der Waals surface area contributed by atoms with Crippen LogP contribution in [-0.4, -0.2) is 22.4 Å². The van der Waals surface area contributed by atoms with Crippen molar-refractivity contribution in [1.82, 2.24) is 9.97 Å². The van der Waals surface area contributed by atoms with E-state index in [2.05, 4.69) is 20.6 Å². The first-order chi connectivity index (χ1) is 9.22. The monoisotopic (exact) mass is 254 g/mol. The Morgan fingerprint density at radius 1 is 1.32 bits per heavy atom. The average Bonchev–Trinajstić information content (AvgIpc) is 2.87. The van der Waals surface area contributed by atoms with Crippen molar-refractivity contribution in [2.75, 3.05) is 17.2 Å². The van der Waals surface area contributed by atoms with Crippen LogP contribution in [0, 0.1) is 6.92 Å². The molecule has 3 rings (SSSR count). The highest BCUT2D eigenvalue weighted by atomic mass is 16.1.